The van der Waals surface area contributed by atoms with Gasteiger partial charge in [-0.2, -0.15) is 8.42 Å². The maximum Gasteiger partial charge on any atom is 0.410 e. The lowest BCUT2D eigenvalue weighted by molar-refractivity contribution is 0.00800. The highest BCUT2D eigenvalue weighted by Crippen LogP contribution is 2.25. The number of carbonyl (C=O) groups is 2. The molecule has 1 heterocycles. The third kappa shape index (κ3) is 9.61. The second-order valence-corrected chi connectivity index (χ2v) is 12.4. The minimum Gasteiger partial charge on any atom is -0.444 e. The SMILES string of the molecule is CS(=O)CCN(C(=O)OC(C)(C)C)[C@H]1CN(C(=O)OC(C)(C)C)C[C@@H]1OS(C)(=O)=O. The second kappa shape index (κ2) is 9.82. The number of carbonyl (C=O) groups excluding carboxylic acids is 2. The molecule has 0 radical (unpaired) electrons. The number of likely N-dealkylation sites (tertiary alicyclic amines) is 1. The van der Waals surface area contributed by atoms with Gasteiger partial charge in [0.1, 0.15) is 17.3 Å². The average molecular weight is 471 g/mol. The molecule has 30 heavy (non-hydrogen) atoms. The van der Waals surface area contributed by atoms with E-state index in [1.54, 1.807) is 41.5 Å². The summed E-state index contributed by atoms with van der Waals surface area (Å²) < 4.78 is 51.2. The minimum atomic E-state index is -3.87. The van der Waals surface area contributed by atoms with Crippen molar-refractivity contribution in [3.05, 3.63) is 0 Å². The van der Waals surface area contributed by atoms with E-state index in [4.69, 9.17) is 13.7 Å². The summed E-state index contributed by atoms with van der Waals surface area (Å²) in [5.74, 6) is 0.160. The summed E-state index contributed by atoms with van der Waals surface area (Å²) in [5.41, 5.74) is -1.54. The van der Waals surface area contributed by atoms with Crippen molar-refractivity contribution in [1.82, 2.24) is 9.80 Å². The Bertz CT molecular complexity index is 755. The summed E-state index contributed by atoms with van der Waals surface area (Å²) >= 11 is 0. The molecule has 0 N–H and O–H groups in total. The fourth-order valence-corrected chi connectivity index (χ4v) is 3.88. The van der Waals surface area contributed by atoms with Crippen molar-refractivity contribution in [3.8, 4) is 0 Å². The van der Waals surface area contributed by atoms with E-state index in [-0.39, 0.29) is 25.4 Å². The van der Waals surface area contributed by atoms with Gasteiger partial charge in [0.15, 0.2) is 0 Å². The van der Waals surface area contributed by atoms with Crippen molar-refractivity contribution in [2.75, 3.05) is 37.9 Å². The molecule has 1 aliphatic heterocycles. The third-order valence-electron chi connectivity index (χ3n) is 3.84. The Morgan fingerprint density at radius 3 is 2.03 bits per heavy atom. The average Bonchev–Trinajstić information content (AvgIpc) is 2.85. The van der Waals surface area contributed by atoms with Crippen LogP contribution in [0.5, 0.6) is 0 Å². The fourth-order valence-electron chi connectivity index (χ4n) is 2.79. The molecule has 176 valence electrons. The zero-order valence-electron chi connectivity index (χ0n) is 19.0. The fraction of sp³-hybridized carbons (Fsp3) is 0.889. The summed E-state index contributed by atoms with van der Waals surface area (Å²) in [7, 11) is -5.07. The normalized spacial score (nSPS) is 21.3. The minimum absolute atomic E-state index is 0.00923. The lowest BCUT2D eigenvalue weighted by Gasteiger charge is -2.33. The molecular weight excluding hydrogens is 436 g/mol. The zero-order valence-corrected chi connectivity index (χ0v) is 20.6. The van der Waals surface area contributed by atoms with E-state index in [1.165, 1.54) is 16.1 Å². The molecule has 3 atom stereocenters. The van der Waals surface area contributed by atoms with Crippen LogP contribution in [0.15, 0.2) is 0 Å². The summed E-state index contributed by atoms with van der Waals surface area (Å²) in [6, 6.07) is -0.814. The highest BCUT2D eigenvalue weighted by atomic mass is 32.2. The molecule has 1 aliphatic rings. The molecule has 0 bridgehead atoms. The first kappa shape index (κ1) is 26.6. The van der Waals surface area contributed by atoms with Gasteiger partial charge in [-0.15, -0.1) is 0 Å². The van der Waals surface area contributed by atoms with E-state index in [0.29, 0.717) is 0 Å². The Labute approximate surface area is 181 Å². The van der Waals surface area contributed by atoms with E-state index >= 15 is 0 Å². The molecule has 10 nitrogen and oxygen atoms in total. The van der Waals surface area contributed by atoms with Gasteiger partial charge >= 0.3 is 12.2 Å². The van der Waals surface area contributed by atoms with Gasteiger partial charge in [0.2, 0.25) is 0 Å². The Hall–Kier alpha value is -1.40. The third-order valence-corrected chi connectivity index (χ3v) is 5.19. The van der Waals surface area contributed by atoms with Crippen LogP contribution in [0.2, 0.25) is 0 Å². The number of ether oxygens (including phenoxy) is 2. The van der Waals surface area contributed by atoms with Crippen LogP contribution < -0.4 is 0 Å². The Kier molecular flexibility index (Phi) is 8.72. The first-order valence-electron chi connectivity index (χ1n) is 9.54. The summed E-state index contributed by atoms with van der Waals surface area (Å²) in [5, 5.41) is 0. The molecule has 12 heteroatoms. The van der Waals surface area contributed by atoms with Crippen molar-refractivity contribution in [1.29, 1.82) is 0 Å². The monoisotopic (exact) mass is 470 g/mol. The molecule has 0 aliphatic carbocycles. The molecule has 0 aromatic rings. The number of rotatable bonds is 6. The number of nitrogens with zero attached hydrogens (tertiary/aromatic N) is 2. The molecule has 1 saturated heterocycles. The van der Waals surface area contributed by atoms with Gasteiger partial charge in [-0.3, -0.25) is 13.3 Å². The number of hydrogen-bond acceptors (Lipinski definition) is 8. The summed E-state index contributed by atoms with van der Waals surface area (Å²) in [6.07, 6.45) is 0.0464. The molecule has 1 fully saturated rings. The Balaban J connectivity index is 3.20. The van der Waals surface area contributed by atoms with Crippen LogP contribution in [0.3, 0.4) is 0 Å². The second-order valence-electron chi connectivity index (χ2n) is 9.24. The number of hydrogen-bond donors (Lipinski definition) is 0. The lowest BCUT2D eigenvalue weighted by Crippen LogP contribution is -2.51. The van der Waals surface area contributed by atoms with E-state index in [1.807, 2.05) is 0 Å². The molecule has 0 saturated carbocycles. The quantitative estimate of drug-likeness (QED) is 0.537. The largest absolute Gasteiger partial charge is 0.444 e. The van der Waals surface area contributed by atoms with E-state index in [0.717, 1.165) is 6.26 Å². The van der Waals surface area contributed by atoms with Crippen molar-refractivity contribution in [3.63, 3.8) is 0 Å². The highest BCUT2D eigenvalue weighted by Gasteiger charge is 2.45. The van der Waals surface area contributed by atoms with E-state index in [2.05, 4.69) is 0 Å². The molecule has 0 aromatic heterocycles. The maximum absolute atomic E-state index is 12.8. The molecule has 0 aromatic carbocycles. The van der Waals surface area contributed by atoms with E-state index in [9.17, 15) is 22.2 Å². The molecule has 1 rings (SSSR count). The first-order chi connectivity index (χ1) is 13.4. The molecule has 1 unspecified atom stereocenters. The summed E-state index contributed by atoms with van der Waals surface area (Å²) in [4.78, 5) is 27.9. The van der Waals surface area contributed by atoms with Crippen LogP contribution in [0.1, 0.15) is 41.5 Å². The van der Waals surface area contributed by atoms with Crippen LogP contribution in [0, 0.1) is 0 Å². The van der Waals surface area contributed by atoms with Gasteiger partial charge in [0.25, 0.3) is 10.1 Å². The van der Waals surface area contributed by atoms with Gasteiger partial charge in [0.05, 0.1) is 18.8 Å². The Morgan fingerprint density at radius 2 is 1.60 bits per heavy atom. The molecule has 0 spiro atoms. The van der Waals surface area contributed by atoms with Crippen LogP contribution in [-0.2, 0) is 34.6 Å². The van der Waals surface area contributed by atoms with Crippen LogP contribution in [0.4, 0.5) is 9.59 Å². The lowest BCUT2D eigenvalue weighted by atomic mass is 10.2. The van der Waals surface area contributed by atoms with Crippen molar-refractivity contribution in [2.24, 2.45) is 0 Å². The van der Waals surface area contributed by atoms with Crippen molar-refractivity contribution in [2.45, 2.75) is 64.9 Å². The Morgan fingerprint density at radius 1 is 1.07 bits per heavy atom. The van der Waals surface area contributed by atoms with Gasteiger partial charge in [-0.05, 0) is 41.5 Å². The first-order valence-corrected chi connectivity index (χ1v) is 13.1. The van der Waals surface area contributed by atoms with E-state index < -0.39 is 56.5 Å². The zero-order chi connectivity index (χ0) is 23.5. The van der Waals surface area contributed by atoms with Gasteiger partial charge < -0.3 is 14.4 Å². The topological polar surface area (TPSA) is 120 Å². The standard InChI is InChI=1S/C18H34N2O8S2/c1-17(2,3)26-15(21)19-11-13(14(12-19)28-30(8,24)25)20(9-10-29(7)23)16(22)27-18(4,5)6/h13-14H,9-12H2,1-8H3/t13-,14-,29?/m0/s1. The highest BCUT2D eigenvalue weighted by molar-refractivity contribution is 7.86. The number of amides is 2. The smallest absolute Gasteiger partial charge is 0.410 e. The predicted molar refractivity (Wildman–Crippen MR) is 113 cm³/mol. The van der Waals surface area contributed by atoms with Gasteiger partial charge in [-0.1, -0.05) is 0 Å². The summed E-state index contributed by atoms with van der Waals surface area (Å²) in [6.45, 7) is 10.2. The van der Waals surface area contributed by atoms with Crippen molar-refractivity contribution < 1.29 is 35.9 Å². The van der Waals surface area contributed by atoms with Gasteiger partial charge in [0, 0.05) is 35.9 Å². The van der Waals surface area contributed by atoms with Crippen molar-refractivity contribution >= 4 is 33.1 Å². The van der Waals surface area contributed by atoms with Crippen LogP contribution >= 0.6 is 0 Å². The maximum atomic E-state index is 12.8. The van der Waals surface area contributed by atoms with Crippen LogP contribution in [0.25, 0.3) is 0 Å². The molecule has 2 amide bonds. The van der Waals surface area contributed by atoms with Crippen LogP contribution in [-0.4, -0.2) is 95.9 Å². The molecular formula is C18H34N2O8S2. The van der Waals surface area contributed by atoms with Gasteiger partial charge in [-0.25, -0.2) is 9.59 Å². The predicted octanol–water partition coefficient (Wildman–Crippen LogP) is 1.57.